The third-order valence-electron chi connectivity index (χ3n) is 4.64. The highest BCUT2D eigenvalue weighted by Crippen LogP contribution is 2.54. The summed E-state index contributed by atoms with van der Waals surface area (Å²) >= 11 is 0. The molecule has 3 aliphatic rings. The third-order valence-corrected chi connectivity index (χ3v) is 4.64. The zero-order valence-corrected chi connectivity index (χ0v) is 12.8. The first-order valence-corrected chi connectivity index (χ1v) is 7.65. The second kappa shape index (κ2) is 4.99. The number of likely N-dealkylation sites (N-methyl/N-ethyl adjacent to an activating group) is 1. The SMILES string of the molecule is CN1C=C(C(=O)NCc2ccccc2)C(O)C23OC2=CC=CC13. The van der Waals surface area contributed by atoms with Gasteiger partial charge >= 0.3 is 0 Å². The summed E-state index contributed by atoms with van der Waals surface area (Å²) in [6, 6.07) is 9.60. The second-order valence-electron chi connectivity index (χ2n) is 6.08. The van der Waals surface area contributed by atoms with Gasteiger partial charge in [0.2, 0.25) is 5.60 Å². The van der Waals surface area contributed by atoms with Crippen molar-refractivity contribution in [3.63, 3.8) is 0 Å². The fraction of sp³-hybridized carbons (Fsp3) is 0.278. The summed E-state index contributed by atoms with van der Waals surface area (Å²) in [4.78, 5) is 14.4. The summed E-state index contributed by atoms with van der Waals surface area (Å²) in [6.45, 7) is 0.424. The maximum Gasteiger partial charge on any atom is 0.251 e. The van der Waals surface area contributed by atoms with Gasteiger partial charge in [0, 0.05) is 19.8 Å². The molecule has 5 nitrogen and oxygen atoms in total. The average molecular weight is 310 g/mol. The van der Waals surface area contributed by atoms with Crippen molar-refractivity contribution in [2.75, 3.05) is 7.05 Å². The molecule has 1 amide bonds. The minimum Gasteiger partial charge on any atom is -0.473 e. The smallest absolute Gasteiger partial charge is 0.251 e. The Balaban J connectivity index is 1.53. The van der Waals surface area contributed by atoms with Gasteiger partial charge in [-0.2, -0.15) is 0 Å². The molecule has 1 aliphatic carbocycles. The fourth-order valence-corrected chi connectivity index (χ4v) is 3.37. The molecule has 1 spiro atoms. The standard InChI is InChI=1S/C18H18N2O3/c1-20-11-13(17(22)19-10-12-6-3-2-4-7-12)16(21)18-14(20)8-5-9-15(18)23-18/h2-9,11,14,16,21H,10H2,1H3,(H,19,22). The van der Waals surface area contributed by atoms with Crippen LogP contribution in [0.3, 0.4) is 0 Å². The number of epoxide rings is 1. The van der Waals surface area contributed by atoms with E-state index < -0.39 is 11.7 Å². The van der Waals surface area contributed by atoms with E-state index in [1.54, 1.807) is 6.20 Å². The number of amides is 1. The summed E-state index contributed by atoms with van der Waals surface area (Å²) in [5.41, 5.74) is 0.552. The lowest BCUT2D eigenvalue weighted by Crippen LogP contribution is -2.54. The van der Waals surface area contributed by atoms with Crippen LogP contribution >= 0.6 is 0 Å². The van der Waals surface area contributed by atoms with E-state index in [0.29, 0.717) is 12.1 Å². The molecule has 1 aromatic carbocycles. The number of nitrogens with zero attached hydrogens (tertiary/aromatic N) is 1. The van der Waals surface area contributed by atoms with E-state index in [2.05, 4.69) is 5.32 Å². The Morgan fingerprint density at radius 2 is 2.17 bits per heavy atom. The van der Waals surface area contributed by atoms with Crippen molar-refractivity contribution in [1.29, 1.82) is 0 Å². The highest BCUT2D eigenvalue weighted by Gasteiger charge is 2.67. The van der Waals surface area contributed by atoms with Crippen LogP contribution in [-0.2, 0) is 16.1 Å². The van der Waals surface area contributed by atoms with Crippen molar-refractivity contribution < 1.29 is 14.6 Å². The molecular weight excluding hydrogens is 292 g/mol. The number of aliphatic hydroxyl groups excluding tert-OH is 1. The van der Waals surface area contributed by atoms with E-state index in [1.807, 2.05) is 60.5 Å². The molecule has 2 aliphatic heterocycles. The molecule has 2 N–H and O–H groups in total. The lowest BCUT2D eigenvalue weighted by atomic mass is 9.82. The predicted octanol–water partition coefficient (Wildman–Crippen LogP) is 1.08. The van der Waals surface area contributed by atoms with Gasteiger partial charge in [0.05, 0.1) is 11.6 Å². The molecule has 2 heterocycles. The van der Waals surface area contributed by atoms with E-state index in [-0.39, 0.29) is 11.9 Å². The topological polar surface area (TPSA) is 65.1 Å². The molecule has 0 aromatic heterocycles. The van der Waals surface area contributed by atoms with Gasteiger partial charge in [0.15, 0.2) is 0 Å². The van der Waals surface area contributed by atoms with E-state index in [4.69, 9.17) is 4.74 Å². The number of rotatable bonds is 3. The van der Waals surface area contributed by atoms with Crippen molar-refractivity contribution in [2.24, 2.45) is 0 Å². The molecule has 3 atom stereocenters. The van der Waals surface area contributed by atoms with Crippen LogP contribution in [0.1, 0.15) is 5.56 Å². The van der Waals surface area contributed by atoms with Crippen molar-refractivity contribution >= 4 is 5.91 Å². The third kappa shape index (κ3) is 2.08. The summed E-state index contributed by atoms with van der Waals surface area (Å²) in [5.74, 6) is 0.469. The Kier molecular flexibility index (Phi) is 3.06. The first kappa shape index (κ1) is 14.1. The van der Waals surface area contributed by atoms with Gasteiger partial charge in [-0.25, -0.2) is 0 Å². The Labute approximate surface area is 134 Å². The van der Waals surface area contributed by atoms with Crippen molar-refractivity contribution in [3.8, 4) is 0 Å². The Morgan fingerprint density at radius 1 is 1.39 bits per heavy atom. The summed E-state index contributed by atoms with van der Waals surface area (Å²) in [6.07, 6.45) is 6.49. The molecule has 4 rings (SSSR count). The van der Waals surface area contributed by atoms with Gasteiger partial charge < -0.3 is 20.1 Å². The molecule has 1 saturated heterocycles. The summed E-state index contributed by atoms with van der Waals surface area (Å²) < 4.78 is 5.68. The molecular formula is C18H18N2O3. The number of aliphatic hydroxyl groups is 1. The van der Waals surface area contributed by atoms with Gasteiger partial charge in [0.25, 0.3) is 5.91 Å². The minimum atomic E-state index is -0.962. The van der Waals surface area contributed by atoms with Gasteiger partial charge in [0.1, 0.15) is 11.9 Å². The summed E-state index contributed by atoms with van der Waals surface area (Å²) in [7, 11) is 1.89. The van der Waals surface area contributed by atoms with Gasteiger partial charge in [-0.05, 0) is 11.6 Å². The molecule has 118 valence electrons. The quantitative estimate of drug-likeness (QED) is 0.820. The van der Waals surface area contributed by atoms with E-state index in [0.717, 1.165) is 11.3 Å². The van der Waals surface area contributed by atoms with Crippen LogP contribution in [-0.4, -0.2) is 40.7 Å². The number of carbonyl (C=O) groups excluding carboxylic acids is 1. The number of ether oxygens (including phenoxy) is 1. The summed E-state index contributed by atoms with van der Waals surface area (Å²) in [5, 5.41) is 13.6. The maximum absolute atomic E-state index is 12.5. The number of carbonyl (C=O) groups is 1. The normalized spacial score (nSPS) is 30.4. The van der Waals surface area contributed by atoms with Crippen LogP contribution < -0.4 is 5.32 Å². The molecule has 0 bridgehead atoms. The molecule has 1 fully saturated rings. The predicted molar refractivity (Wildman–Crippen MR) is 85.0 cm³/mol. The van der Waals surface area contributed by atoms with Gasteiger partial charge in [-0.3, -0.25) is 4.79 Å². The highest BCUT2D eigenvalue weighted by atomic mass is 16.6. The average Bonchev–Trinajstić information content (AvgIpc) is 3.32. The maximum atomic E-state index is 12.5. The number of hydrogen-bond donors (Lipinski definition) is 2. The Bertz CT molecular complexity index is 738. The van der Waals surface area contributed by atoms with E-state index in [1.165, 1.54) is 0 Å². The zero-order valence-electron chi connectivity index (χ0n) is 12.8. The van der Waals surface area contributed by atoms with Crippen molar-refractivity contribution in [3.05, 3.63) is 71.7 Å². The first-order valence-electron chi connectivity index (χ1n) is 7.65. The molecule has 23 heavy (non-hydrogen) atoms. The Morgan fingerprint density at radius 3 is 2.96 bits per heavy atom. The molecule has 0 saturated carbocycles. The van der Waals surface area contributed by atoms with Crippen LogP contribution in [0, 0.1) is 0 Å². The number of allylic oxidation sites excluding steroid dienone is 2. The Hall–Kier alpha value is -2.53. The fourth-order valence-electron chi connectivity index (χ4n) is 3.37. The van der Waals surface area contributed by atoms with Crippen LogP contribution in [0.4, 0.5) is 0 Å². The largest absolute Gasteiger partial charge is 0.473 e. The van der Waals surface area contributed by atoms with Gasteiger partial charge in [-0.1, -0.05) is 42.5 Å². The van der Waals surface area contributed by atoms with Crippen LogP contribution in [0.5, 0.6) is 0 Å². The van der Waals surface area contributed by atoms with E-state index in [9.17, 15) is 9.90 Å². The number of nitrogens with one attached hydrogen (secondary N) is 1. The van der Waals surface area contributed by atoms with Crippen molar-refractivity contribution in [1.82, 2.24) is 10.2 Å². The first-order chi connectivity index (χ1) is 11.1. The second-order valence-corrected chi connectivity index (χ2v) is 6.08. The lowest BCUT2D eigenvalue weighted by molar-refractivity contribution is -0.119. The van der Waals surface area contributed by atoms with Crippen LogP contribution in [0.25, 0.3) is 0 Å². The van der Waals surface area contributed by atoms with Crippen LogP contribution in [0.15, 0.2) is 66.1 Å². The number of benzene rings is 1. The molecule has 0 radical (unpaired) electrons. The van der Waals surface area contributed by atoms with Gasteiger partial charge in [-0.15, -0.1) is 0 Å². The molecule has 5 heteroatoms. The monoisotopic (exact) mass is 310 g/mol. The number of hydrogen-bond acceptors (Lipinski definition) is 4. The lowest BCUT2D eigenvalue weighted by Gasteiger charge is -2.37. The molecule has 1 aromatic rings. The molecule has 3 unspecified atom stereocenters. The minimum absolute atomic E-state index is 0.0804. The highest BCUT2D eigenvalue weighted by molar-refractivity contribution is 5.95. The van der Waals surface area contributed by atoms with Crippen molar-refractivity contribution in [2.45, 2.75) is 24.3 Å². The van der Waals surface area contributed by atoms with Crippen LogP contribution in [0.2, 0.25) is 0 Å². The van der Waals surface area contributed by atoms with E-state index >= 15 is 0 Å². The zero-order chi connectivity index (χ0) is 16.0.